The van der Waals surface area contributed by atoms with Gasteiger partial charge in [-0.2, -0.15) is 0 Å². The fourth-order valence-electron chi connectivity index (χ4n) is 2.36. The standard InChI is InChI=1S/C17H16N2O/c1-12-5-4-10-18-17(12)16(20)11-14-9-8-13-6-2-3-7-15(13)19-14/h2-10,16,20H,11H2,1H3. The topological polar surface area (TPSA) is 46.0 Å². The van der Waals surface area contributed by atoms with Gasteiger partial charge in [0.1, 0.15) is 6.10 Å². The summed E-state index contributed by atoms with van der Waals surface area (Å²) in [5, 5.41) is 11.4. The number of hydrogen-bond donors (Lipinski definition) is 1. The first-order valence-corrected chi connectivity index (χ1v) is 6.68. The lowest BCUT2D eigenvalue weighted by Gasteiger charge is -2.12. The summed E-state index contributed by atoms with van der Waals surface area (Å²) in [5.41, 5.74) is 3.56. The number of hydrogen-bond acceptors (Lipinski definition) is 3. The number of para-hydroxylation sites is 1. The fourth-order valence-corrected chi connectivity index (χ4v) is 2.36. The highest BCUT2D eigenvalue weighted by atomic mass is 16.3. The van der Waals surface area contributed by atoms with Gasteiger partial charge in [0.15, 0.2) is 0 Å². The first kappa shape index (κ1) is 12.8. The number of rotatable bonds is 3. The van der Waals surface area contributed by atoms with E-state index >= 15 is 0 Å². The second-order valence-electron chi connectivity index (χ2n) is 4.92. The van der Waals surface area contributed by atoms with E-state index in [4.69, 9.17) is 0 Å². The smallest absolute Gasteiger partial charge is 0.102 e. The van der Waals surface area contributed by atoms with E-state index in [0.29, 0.717) is 6.42 Å². The number of aliphatic hydroxyl groups is 1. The van der Waals surface area contributed by atoms with E-state index in [-0.39, 0.29) is 0 Å². The molecular weight excluding hydrogens is 248 g/mol. The van der Waals surface area contributed by atoms with E-state index in [1.165, 1.54) is 0 Å². The fraction of sp³-hybridized carbons (Fsp3) is 0.176. The second-order valence-corrected chi connectivity index (χ2v) is 4.92. The van der Waals surface area contributed by atoms with Crippen molar-refractivity contribution in [3.63, 3.8) is 0 Å². The van der Waals surface area contributed by atoms with Crippen LogP contribution in [0.3, 0.4) is 0 Å². The van der Waals surface area contributed by atoms with Crippen LogP contribution in [0, 0.1) is 6.92 Å². The Balaban J connectivity index is 1.87. The van der Waals surface area contributed by atoms with Crippen molar-refractivity contribution in [1.82, 2.24) is 9.97 Å². The third-order valence-corrected chi connectivity index (χ3v) is 3.42. The van der Waals surface area contributed by atoms with Crippen LogP contribution in [0.1, 0.15) is 23.1 Å². The third-order valence-electron chi connectivity index (χ3n) is 3.42. The van der Waals surface area contributed by atoms with Crippen LogP contribution in [0.4, 0.5) is 0 Å². The van der Waals surface area contributed by atoms with E-state index in [0.717, 1.165) is 27.9 Å². The lowest BCUT2D eigenvalue weighted by atomic mass is 10.1. The predicted molar refractivity (Wildman–Crippen MR) is 79.4 cm³/mol. The molecule has 1 unspecified atom stereocenters. The molecule has 0 amide bonds. The van der Waals surface area contributed by atoms with Crippen LogP contribution in [0.25, 0.3) is 10.9 Å². The van der Waals surface area contributed by atoms with Crippen LogP contribution in [0.15, 0.2) is 54.7 Å². The van der Waals surface area contributed by atoms with E-state index in [1.54, 1.807) is 6.20 Å². The molecule has 0 saturated heterocycles. The molecule has 20 heavy (non-hydrogen) atoms. The van der Waals surface area contributed by atoms with Gasteiger partial charge in [-0.05, 0) is 30.7 Å². The minimum atomic E-state index is -0.620. The van der Waals surface area contributed by atoms with Gasteiger partial charge in [-0.3, -0.25) is 9.97 Å². The third kappa shape index (κ3) is 2.53. The molecule has 0 saturated carbocycles. The summed E-state index contributed by atoms with van der Waals surface area (Å²) < 4.78 is 0. The summed E-state index contributed by atoms with van der Waals surface area (Å²) in [6.45, 7) is 1.96. The maximum absolute atomic E-state index is 10.3. The van der Waals surface area contributed by atoms with E-state index in [9.17, 15) is 5.11 Å². The van der Waals surface area contributed by atoms with Gasteiger partial charge in [0.2, 0.25) is 0 Å². The normalized spacial score (nSPS) is 12.5. The molecule has 0 aliphatic heterocycles. The number of aliphatic hydroxyl groups excluding tert-OH is 1. The Hall–Kier alpha value is -2.26. The van der Waals surface area contributed by atoms with Gasteiger partial charge in [0.25, 0.3) is 0 Å². The number of aromatic nitrogens is 2. The molecule has 1 N–H and O–H groups in total. The molecule has 1 aromatic carbocycles. The SMILES string of the molecule is Cc1cccnc1C(O)Cc1ccc2ccccc2n1. The van der Waals surface area contributed by atoms with Crippen molar-refractivity contribution in [3.05, 3.63) is 71.7 Å². The Morgan fingerprint density at radius 1 is 1.05 bits per heavy atom. The zero-order valence-electron chi connectivity index (χ0n) is 11.3. The first-order valence-electron chi connectivity index (χ1n) is 6.68. The van der Waals surface area contributed by atoms with Crippen LogP contribution in [0.5, 0.6) is 0 Å². The maximum Gasteiger partial charge on any atom is 0.102 e. The first-order chi connectivity index (χ1) is 9.74. The number of fused-ring (bicyclic) bond motifs is 1. The second kappa shape index (κ2) is 5.39. The summed E-state index contributed by atoms with van der Waals surface area (Å²) in [5.74, 6) is 0. The van der Waals surface area contributed by atoms with Crippen LogP contribution in [-0.4, -0.2) is 15.1 Å². The molecule has 2 aromatic heterocycles. The van der Waals surface area contributed by atoms with Crippen LogP contribution >= 0.6 is 0 Å². The Bertz CT molecular complexity index is 740. The average Bonchev–Trinajstić information content (AvgIpc) is 2.47. The molecule has 3 nitrogen and oxygen atoms in total. The van der Waals surface area contributed by atoms with Crippen LogP contribution in [0.2, 0.25) is 0 Å². The minimum Gasteiger partial charge on any atom is -0.386 e. The van der Waals surface area contributed by atoms with Gasteiger partial charge < -0.3 is 5.11 Å². The average molecular weight is 264 g/mol. The molecule has 3 rings (SSSR count). The molecule has 0 aliphatic rings. The molecule has 3 heteroatoms. The zero-order valence-corrected chi connectivity index (χ0v) is 11.3. The molecule has 0 spiro atoms. The van der Waals surface area contributed by atoms with Crippen molar-refractivity contribution in [1.29, 1.82) is 0 Å². The van der Waals surface area contributed by atoms with Gasteiger partial charge in [-0.25, -0.2) is 0 Å². The molecule has 1 atom stereocenters. The quantitative estimate of drug-likeness (QED) is 0.790. The molecule has 3 aromatic rings. The maximum atomic E-state index is 10.3. The van der Waals surface area contributed by atoms with Gasteiger partial charge in [-0.15, -0.1) is 0 Å². The zero-order chi connectivity index (χ0) is 13.9. The number of pyridine rings is 2. The summed E-state index contributed by atoms with van der Waals surface area (Å²) in [4.78, 5) is 8.84. The van der Waals surface area contributed by atoms with E-state index in [1.807, 2.05) is 55.5 Å². The molecule has 100 valence electrons. The van der Waals surface area contributed by atoms with Crippen LogP contribution in [-0.2, 0) is 6.42 Å². The number of benzene rings is 1. The van der Waals surface area contributed by atoms with Crippen molar-refractivity contribution < 1.29 is 5.11 Å². The summed E-state index contributed by atoms with van der Waals surface area (Å²) in [7, 11) is 0. The lowest BCUT2D eigenvalue weighted by molar-refractivity contribution is 0.171. The van der Waals surface area contributed by atoms with Gasteiger partial charge >= 0.3 is 0 Å². The molecule has 0 fully saturated rings. The Morgan fingerprint density at radius 3 is 2.75 bits per heavy atom. The largest absolute Gasteiger partial charge is 0.386 e. The van der Waals surface area contributed by atoms with E-state index in [2.05, 4.69) is 9.97 Å². The van der Waals surface area contributed by atoms with Crippen molar-refractivity contribution >= 4 is 10.9 Å². The summed E-state index contributed by atoms with van der Waals surface area (Å²) >= 11 is 0. The van der Waals surface area contributed by atoms with Crippen molar-refractivity contribution in [3.8, 4) is 0 Å². The number of aryl methyl sites for hydroxylation is 1. The minimum absolute atomic E-state index is 0.475. The van der Waals surface area contributed by atoms with Crippen molar-refractivity contribution in [2.45, 2.75) is 19.4 Å². The number of nitrogens with zero attached hydrogens (tertiary/aromatic N) is 2. The van der Waals surface area contributed by atoms with Crippen LogP contribution < -0.4 is 0 Å². The highest BCUT2D eigenvalue weighted by Gasteiger charge is 2.13. The Kier molecular flexibility index (Phi) is 3.44. The predicted octanol–water partition coefficient (Wildman–Crippen LogP) is 3.21. The monoisotopic (exact) mass is 264 g/mol. The van der Waals surface area contributed by atoms with Crippen molar-refractivity contribution in [2.24, 2.45) is 0 Å². The highest BCUT2D eigenvalue weighted by Crippen LogP contribution is 2.20. The summed E-state index contributed by atoms with van der Waals surface area (Å²) in [6, 6.07) is 15.8. The highest BCUT2D eigenvalue weighted by molar-refractivity contribution is 5.78. The molecule has 0 aliphatic carbocycles. The lowest BCUT2D eigenvalue weighted by Crippen LogP contribution is -2.07. The van der Waals surface area contributed by atoms with Gasteiger partial charge in [0, 0.05) is 23.7 Å². The summed E-state index contributed by atoms with van der Waals surface area (Å²) in [6.07, 6.45) is 1.56. The van der Waals surface area contributed by atoms with Gasteiger partial charge in [0.05, 0.1) is 11.2 Å². The Labute approximate surface area is 117 Å². The van der Waals surface area contributed by atoms with Crippen molar-refractivity contribution in [2.75, 3.05) is 0 Å². The molecule has 0 radical (unpaired) electrons. The Morgan fingerprint density at radius 2 is 1.90 bits per heavy atom. The molecular formula is C17H16N2O. The van der Waals surface area contributed by atoms with E-state index < -0.39 is 6.10 Å². The van der Waals surface area contributed by atoms with Gasteiger partial charge in [-0.1, -0.05) is 30.3 Å². The molecule has 2 heterocycles. The molecule has 0 bridgehead atoms.